The number of hydrogen-bond donors (Lipinski definition) is 5. The van der Waals surface area contributed by atoms with E-state index in [4.69, 9.17) is 19.3 Å². The van der Waals surface area contributed by atoms with Crippen molar-refractivity contribution in [2.24, 2.45) is 0 Å². The number of aliphatic hydroxyl groups excluding tert-OH is 5. The van der Waals surface area contributed by atoms with Crippen LogP contribution in [0.3, 0.4) is 0 Å². The van der Waals surface area contributed by atoms with E-state index >= 15 is 0 Å². The van der Waals surface area contributed by atoms with Crippen LogP contribution in [0.1, 0.15) is 19.8 Å². The summed E-state index contributed by atoms with van der Waals surface area (Å²) in [5, 5.41) is 47.8. The molecule has 21 heavy (non-hydrogen) atoms. The van der Waals surface area contributed by atoms with E-state index in [0.29, 0.717) is 6.61 Å². The first-order valence-electron chi connectivity index (χ1n) is 7.19. The van der Waals surface area contributed by atoms with Crippen molar-refractivity contribution in [2.75, 3.05) is 26.4 Å². The average molecular weight is 310 g/mol. The van der Waals surface area contributed by atoms with Crippen molar-refractivity contribution < 1.29 is 39.7 Å². The van der Waals surface area contributed by atoms with Crippen LogP contribution in [0, 0.1) is 0 Å². The third-order valence-corrected chi connectivity index (χ3v) is 3.28. The third kappa shape index (κ3) is 5.76. The first kappa shape index (κ1) is 18.7. The van der Waals surface area contributed by atoms with Crippen LogP contribution in [-0.4, -0.2) is 88.8 Å². The van der Waals surface area contributed by atoms with Crippen LogP contribution < -0.4 is 0 Å². The van der Waals surface area contributed by atoms with Gasteiger partial charge in [-0.3, -0.25) is 0 Å². The third-order valence-electron chi connectivity index (χ3n) is 3.28. The van der Waals surface area contributed by atoms with E-state index in [1.165, 1.54) is 0 Å². The van der Waals surface area contributed by atoms with Gasteiger partial charge in [0.2, 0.25) is 0 Å². The van der Waals surface area contributed by atoms with Crippen LogP contribution in [0.4, 0.5) is 0 Å². The molecule has 0 amide bonds. The predicted molar refractivity (Wildman–Crippen MR) is 71.5 cm³/mol. The summed E-state index contributed by atoms with van der Waals surface area (Å²) >= 11 is 0. The fourth-order valence-corrected chi connectivity index (χ4v) is 1.99. The van der Waals surface area contributed by atoms with Gasteiger partial charge >= 0.3 is 0 Å². The number of unbranched alkanes of at least 4 members (excludes halogenated alkanes) is 1. The zero-order chi connectivity index (χ0) is 15.8. The minimum absolute atomic E-state index is 0.0849. The van der Waals surface area contributed by atoms with Gasteiger partial charge in [0.1, 0.15) is 30.5 Å². The van der Waals surface area contributed by atoms with E-state index in [9.17, 15) is 20.4 Å². The zero-order valence-corrected chi connectivity index (χ0v) is 12.2. The molecule has 1 heterocycles. The van der Waals surface area contributed by atoms with Gasteiger partial charge in [0.15, 0.2) is 6.29 Å². The van der Waals surface area contributed by atoms with E-state index in [0.717, 1.165) is 12.8 Å². The van der Waals surface area contributed by atoms with Crippen LogP contribution >= 0.6 is 0 Å². The lowest BCUT2D eigenvalue weighted by Crippen LogP contribution is -2.59. The van der Waals surface area contributed by atoms with E-state index in [1.54, 1.807) is 0 Å². The fraction of sp³-hybridized carbons (Fsp3) is 1.00. The number of ether oxygens (including phenoxy) is 3. The summed E-state index contributed by atoms with van der Waals surface area (Å²) in [4.78, 5) is 0. The summed E-state index contributed by atoms with van der Waals surface area (Å²) in [6.07, 6.45) is -5.57. The summed E-state index contributed by atoms with van der Waals surface area (Å²) in [5.41, 5.74) is 0. The van der Waals surface area contributed by atoms with Crippen molar-refractivity contribution in [3.63, 3.8) is 0 Å². The Labute approximate surface area is 123 Å². The van der Waals surface area contributed by atoms with Crippen molar-refractivity contribution >= 4 is 0 Å². The maximum atomic E-state index is 9.83. The summed E-state index contributed by atoms with van der Waals surface area (Å²) < 4.78 is 15.3. The van der Waals surface area contributed by atoms with Crippen LogP contribution in [0.5, 0.6) is 0 Å². The molecule has 0 spiro atoms. The van der Waals surface area contributed by atoms with Crippen LogP contribution in [-0.2, 0) is 14.2 Å². The van der Waals surface area contributed by atoms with E-state index in [1.807, 2.05) is 6.92 Å². The molecule has 0 radical (unpaired) electrons. The molecule has 1 saturated heterocycles. The first-order valence-corrected chi connectivity index (χ1v) is 7.19. The van der Waals surface area contributed by atoms with Crippen molar-refractivity contribution in [1.29, 1.82) is 0 Å². The number of hydrogen-bond acceptors (Lipinski definition) is 8. The molecule has 0 aromatic rings. The molecule has 0 bridgehead atoms. The molecule has 1 aliphatic rings. The summed E-state index contributed by atoms with van der Waals surface area (Å²) in [6, 6.07) is 0. The summed E-state index contributed by atoms with van der Waals surface area (Å²) in [6.45, 7) is 1.95. The Balaban J connectivity index is 2.33. The Morgan fingerprint density at radius 3 is 2.48 bits per heavy atom. The Hall–Kier alpha value is -0.320. The highest BCUT2D eigenvalue weighted by molar-refractivity contribution is 4.89. The van der Waals surface area contributed by atoms with Crippen molar-refractivity contribution in [2.45, 2.75) is 56.6 Å². The zero-order valence-electron chi connectivity index (χ0n) is 12.2. The molecule has 0 aromatic heterocycles. The number of rotatable bonds is 9. The highest BCUT2D eigenvalue weighted by atomic mass is 16.7. The maximum Gasteiger partial charge on any atom is 0.184 e. The van der Waals surface area contributed by atoms with Gasteiger partial charge in [-0.2, -0.15) is 0 Å². The molecular formula is C13H26O8. The minimum Gasteiger partial charge on any atom is -0.394 e. The van der Waals surface area contributed by atoms with Gasteiger partial charge in [-0.05, 0) is 6.42 Å². The lowest BCUT2D eigenvalue weighted by molar-refractivity contribution is -0.299. The topological polar surface area (TPSA) is 129 Å². The monoisotopic (exact) mass is 310 g/mol. The SMILES string of the molecule is CCCCOCC(O)CO[C@@H]1[C@@H](O)[C@@H](O)[C@@H](CO)O[C@H]1O. The molecule has 0 aliphatic carbocycles. The normalized spacial score (nSPS) is 34.9. The molecule has 1 fully saturated rings. The Kier molecular flexibility index (Phi) is 8.60. The highest BCUT2D eigenvalue weighted by Gasteiger charge is 2.44. The molecule has 1 aliphatic heterocycles. The summed E-state index contributed by atoms with van der Waals surface area (Å²) in [7, 11) is 0. The molecule has 1 rings (SSSR count). The van der Waals surface area contributed by atoms with Gasteiger partial charge in [0.05, 0.1) is 19.8 Å². The van der Waals surface area contributed by atoms with Crippen molar-refractivity contribution in [3.8, 4) is 0 Å². The van der Waals surface area contributed by atoms with Crippen molar-refractivity contribution in [3.05, 3.63) is 0 Å². The second-order valence-electron chi connectivity index (χ2n) is 5.11. The Morgan fingerprint density at radius 2 is 1.86 bits per heavy atom. The van der Waals surface area contributed by atoms with Crippen molar-refractivity contribution in [1.82, 2.24) is 0 Å². The van der Waals surface area contributed by atoms with E-state index < -0.39 is 43.4 Å². The standard InChI is InChI=1S/C13H26O8/c1-2-3-4-19-6-8(15)7-20-12-11(17)10(16)9(5-14)21-13(12)18/h8-18H,2-7H2,1H3/t8?,9-,10+,11+,12-,13-/m1/s1. The first-order chi connectivity index (χ1) is 10.0. The maximum absolute atomic E-state index is 9.83. The molecule has 0 aromatic carbocycles. The van der Waals surface area contributed by atoms with E-state index in [-0.39, 0.29) is 13.2 Å². The smallest absolute Gasteiger partial charge is 0.184 e. The quantitative estimate of drug-likeness (QED) is 0.309. The van der Waals surface area contributed by atoms with Gasteiger partial charge in [-0.15, -0.1) is 0 Å². The molecule has 8 nitrogen and oxygen atoms in total. The molecule has 6 atom stereocenters. The van der Waals surface area contributed by atoms with Gasteiger partial charge < -0.3 is 39.7 Å². The molecule has 5 N–H and O–H groups in total. The molecule has 1 unspecified atom stereocenters. The predicted octanol–water partition coefficient (Wildman–Crippen LogP) is -2.02. The molecule has 0 saturated carbocycles. The van der Waals surface area contributed by atoms with Crippen LogP contribution in [0.2, 0.25) is 0 Å². The highest BCUT2D eigenvalue weighted by Crippen LogP contribution is 2.22. The summed E-state index contributed by atoms with van der Waals surface area (Å²) in [5.74, 6) is 0. The average Bonchev–Trinajstić information content (AvgIpc) is 2.47. The largest absolute Gasteiger partial charge is 0.394 e. The van der Waals surface area contributed by atoms with Gasteiger partial charge in [-0.25, -0.2) is 0 Å². The minimum atomic E-state index is -1.49. The van der Waals surface area contributed by atoms with Crippen LogP contribution in [0.15, 0.2) is 0 Å². The Bertz CT molecular complexity index is 277. The molecular weight excluding hydrogens is 284 g/mol. The number of aliphatic hydroxyl groups is 5. The fourth-order valence-electron chi connectivity index (χ4n) is 1.99. The van der Waals surface area contributed by atoms with Gasteiger partial charge in [0, 0.05) is 6.61 Å². The molecule has 126 valence electrons. The van der Waals surface area contributed by atoms with E-state index in [2.05, 4.69) is 0 Å². The second-order valence-corrected chi connectivity index (χ2v) is 5.11. The lowest BCUT2D eigenvalue weighted by Gasteiger charge is -2.40. The Morgan fingerprint density at radius 1 is 1.14 bits per heavy atom. The second kappa shape index (κ2) is 9.65. The van der Waals surface area contributed by atoms with Gasteiger partial charge in [-0.1, -0.05) is 13.3 Å². The lowest BCUT2D eigenvalue weighted by atomic mass is 9.99. The molecule has 8 heteroatoms. The van der Waals surface area contributed by atoms with Crippen LogP contribution in [0.25, 0.3) is 0 Å². The van der Waals surface area contributed by atoms with Gasteiger partial charge in [0.25, 0.3) is 0 Å².